The Morgan fingerprint density at radius 1 is 1.32 bits per heavy atom. The van der Waals surface area contributed by atoms with E-state index in [4.69, 9.17) is 5.73 Å². The predicted octanol–water partition coefficient (Wildman–Crippen LogP) is 3.28. The molecule has 1 aromatic rings. The Morgan fingerprint density at radius 3 is 2.63 bits per heavy atom. The zero-order valence-electron chi connectivity index (χ0n) is 12.4. The van der Waals surface area contributed by atoms with Gasteiger partial charge in [-0.2, -0.15) is 0 Å². The second-order valence-electron chi connectivity index (χ2n) is 6.10. The lowest BCUT2D eigenvalue weighted by molar-refractivity contribution is -0.120. The number of rotatable bonds is 3. The molecule has 1 aliphatic rings. The molecular formula is C16H24N2O. The van der Waals surface area contributed by atoms with Crippen molar-refractivity contribution in [2.75, 3.05) is 17.2 Å². The molecule has 104 valence electrons. The van der Waals surface area contributed by atoms with Crippen molar-refractivity contribution in [3.05, 3.63) is 23.3 Å². The summed E-state index contributed by atoms with van der Waals surface area (Å²) in [5, 5.41) is 0. The fourth-order valence-corrected chi connectivity index (χ4v) is 2.91. The van der Waals surface area contributed by atoms with E-state index in [1.165, 1.54) is 0 Å². The average molecular weight is 260 g/mol. The zero-order chi connectivity index (χ0) is 14.2. The van der Waals surface area contributed by atoms with Gasteiger partial charge < -0.3 is 10.6 Å². The van der Waals surface area contributed by atoms with Crippen LogP contribution in [0.15, 0.2) is 12.1 Å². The van der Waals surface area contributed by atoms with Crippen molar-refractivity contribution in [3.63, 3.8) is 0 Å². The van der Waals surface area contributed by atoms with E-state index in [1.54, 1.807) is 0 Å². The minimum Gasteiger partial charge on any atom is -0.398 e. The molecule has 0 spiro atoms. The molecule has 1 aliphatic heterocycles. The highest BCUT2D eigenvalue weighted by atomic mass is 16.2. The Bertz CT molecular complexity index is 494. The third-order valence-electron chi connectivity index (χ3n) is 3.95. The number of aryl methyl sites for hydroxylation is 2. The van der Waals surface area contributed by atoms with Gasteiger partial charge in [-0.05, 0) is 49.8 Å². The van der Waals surface area contributed by atoms with Gasteiger partial charge in [0.05, 0.1) is 0 Å². The lowest BCUT2D eigenvalue weighted by Gasteiger charge is -2.21. The van der Waals surface area contributed by atoms with Crippen LogP contribution in [0.5, 0.6) is 0 Å². The fourth-order valence-electron chi connectivity index (χ4n) is 2.91. The van der Waals surface area contributed by atoms with Crippen LogP contribution < -0.4 is 10.6 Å². The first-order valence-corrected chi connectivity index (χ1v) is 7.08. The third-order valence-corrected chi connectivity index (χ3v) is 3.95. The van der Waals surface area contributed by atoms with Gasteiger partial charge in [0.15, 0.2) is 0 Å². The number of nitrogens with zero attached hydrogens (tertiary/aromatic N) is 1. The number of carbonyl (C=O) groups excluding carboxylic acids is 1. The van der Waals surface area contributed by atoms with Gasteiger partial charge >= 0.3 is 0 Å². The zero-order valence-corrected chi connectivity index (χ0v) is 12.4. The largest absolute Gasteiger partial charge is 0.398 e. The Morgan fingerprint density at radius 2 is 2.00 bits per heavy atom. The van der Waals surface area contributed by atoms with Crippen molar-refractivity contribution in [3.8, 4) is 0 Å². The molecule has 1 atom stereocenters. The summed E-state index contributed by atoms with van der Waals surface area (Å²) in [5.41, 5.74) is 9.94. The summed E-state index contributed by atoms with van der Waals surface area (Å²) < 4.78 is 0. The lowest BCUT2D eigenvalue weighted by atomic mass is 9.96. The average Bonchev–Trinajstić information content (AvgIpc) is 2.65. The Balaban J connectivity index is 2.24. The monoisotopic (exact) mass is 260 g/mol. The molecule has 3 nitrogen and oxygen atoms in total. The molecular weight excluding hydrogens is 236 g/mol. The van der Waals surface area contributed by atoms with E-state index in [9.17, 15) is 4.79 Å². The van der Waals surface area contributed by atoms with Crippen LogP contribution in [0.3, 0.4) is 0 Å². The molecule has 0 bridgehead atoms. The van der Waals surface area contributed by atoms with Gasteiger partial charge in [-0.1, -0.05) is 19.9 Å². The van der Waals surface area contributed by atoms with E-state index >= 15 is 0 Å². The van der Waals surface area contributed by atoms with Crippen molar-refractivity contribution in [1.29, 1.82) is 0 Å². The van der Waals surface area contributed by atoms with Crippen LogP contribution in [-0.2, 0) is 4.79 Å². The molecule has 3 heteroatoms. The Hall–Kier alpha value is -1.51. The summed E-state index contributed by atoms with van der Waals surface area (Å²) in [4.78, 5) is 14.4. The van der Waals surface area contributed by atoms with E-state index in [0.29, 0.717) is 5.92 Å². The molecule has 1 unspecified atom stereocenters. The van der Waals surface area contributed by atoms with Crippen molar-refractivity contribution in [2.24, 2.45) is 11.8 Å². The molecule has 1 saturated heterocycles. The van der Waals surface area contributed by atoms with Crippen LogP contribution >= 0.6 is 0 Å². The number of anilines is 2. The molecule has 2 N–H and O–H groups in total. The number of amides is 1. The molecule has 0 aromatic heterocycles. The quantitative estimate of drug-likeness (QED) is 0.848. The maximum Gasteiger partial charge on any atom is 0.230 e. The molecule has 0 saturated carbocycles. The second kappa shape index (κ2) is 5.24. The molecule has 19 heavy (non-hydrogen) atoms. The van der Waals surface area contributed by atoms with Crippen LogP contribution in [-0.4, -0.2) is 12.5 Å². The molecule has 0 aliphatic carbocycles. The minimum absolute atomic E-state index is 0.182. The van der Waals surface area contributed by atoms with Gasteiger partial charge in [0, 0.05) is 23.8 Å². The summed E-state index contributed by atoms with van der Waals surface area (Å²) >= 11 is 0. The number of benzene rings is 1. The van der Waals surface area contributed by atoms with Crippen molar-refractivity contribution in [1.82, 2.24) is 0 Å². The van der Waals surface area contributed by atoms with Crippen molar-refractivity contribution < 1.29 is 4.79 Å². The molecule has 2 rings (SSSR count). The summed E-state index contributed by atoms with van der Waals surface area (Å²) in [6, 6.07) is 4.01. The first-order valence-electron chi connectivity index (χ1n) is 7.08. The standard InChI is InChI=1S/C16H24N2O/c1-10(2)7-13-5-6-18(16(13)19)15-9-14(17)11(3)8-12(15)4/h8-10,13H,5-7,17H2,1-4H3. The van der Waals surface area contributed by atoms with Gasteiger partial charge in [-0.25, -0.2) is 0 Å². The van der Waals surface area contributed by atoms with Gasteiger partial charge in [0.2, 0.25) is 5.91 Å². The highest BCUT2D eigenvalue weighted by Crippen LogP contribution is 2.33. The SMILES string of the molecule is Cc1cc(C)c(N2CCC(CC(C)C)C2=O)cc1N. The van der Waals surface area contributed by atoms with E-state index in [-0.39, 0.29) is 11.8 Å². The van der Waals surface area contributed by atoms with Crippen LogP contribution in [0.4, 0.5) is 11.4 Å². The molecule has 1 amide bonds. The Labute approximate surface area is 115 Å². The van der Waals surface area contributed by atoms with Crippen LogP contribution in [0, 0.1) is 25.7 Å². The summed E-state index contributed by atoms with van der Waals surface area (Å²) in [6.07, 6.45) is 1.94. The van der Waals surface area contributed by atoms with E-state index in [2.05, 4.69) is 19.9 Å². The molecule has 1 aromatic carbocycles. The summed E-state index contributed by atoms with van der Waals surface area (Å²) in [5.74, 6) is 1.01. The smallest absolute Gasteiger partial charge is 0.230 e. The summed E-state index contributed by atoms with van der Waals surface area (Å²) in [7, 11) is 0. The van der Waals surface area contributed by atoms with E-state index in [1.807, 2.05) is 24.8 Å². The number of hydrogen-bond donors (Lipinski definition) is 1. The normalized spacial score (nSPS) is 19.5. The molecule has 1 fully saturated rings. The third kappa shape index (κ3) is 2.75. The number of carbonyl (C=O) groups is 1. The predicted molar refractivity (Wildman–Crippen MR) is 80.2 cm³/mol. The first kappa shape index (κ1) is 13.9. The fraction of sp³-hybridized carbons (Fsp3) is 0.562. The van der Waals surface area contributed by atoms with E-state index < -0.39 is 0 Å². The maximum absolute atomic E-state index is 12.5. The molecule has 0 radical (unpaired) electrons. The van der Waals surface area contributed by atoms with Crippen LogP contribution in [0.2, 0.25) is 0 Å². The maximum atomic E-state index is 12.5. The van der Waals surface area contributed by atoms with Crippen molar-refractivity contribution >= 4 is 17.3 Å². The number of nitrogen functional groups attached to an aromatic ring is 1. The number of hydrogen-bond acceptors (Lipinski definition) is 2. The van der Waals surface area contributed by atoms with Crippen LogP contribution in [0.1, 0.15) is 37.8 Å². The lowest BCUT2D eigenvalue weighted by Crippen LogP contribution is -2.28. The van der Waals surface area contributed by atoms with Gasteiger partial charge in [0.1, 0.15) is 0 Å². The van der Waals surface area contributed by atoms with E-state index in [0.717, 1.165) is 41.9 Å². The van der Waals surface area contributed by atoms with Gasteiger partial charge in [-0.3, -0.25) is 4.79 Å². The molecule has 1 heterocycles. The highest BCUT2D eigenvalue weighted by Gasteiger charge is 2.33. The second-order valence-corrected chi connectivity index (χ2v) is 6.10. The number of nitrogens with two attached hydrogens (primary N) is 1. The summed E-state index contributed by atoms with van der Waals surface area (Å²) in [6.45, 7) is 9.21. The topological polar surface area (TPSA) is 46.3 Å². The van der Waals surface area contributed by atoms with Crippen molar-refractivity contribution in [2.45, 2.75) is 40.5 Å². The van der Waals surface area contributed by atoms with Crippen LogP contribution in [0.25, 0.3) is 0 Å². The Kier molecular flexibility index (Phi) is 3.83. The first-order chi connectivity index (χ1) is 8.90. The minimum atomic E-state index is 0.182. The van der Waals surface area contributed by atoms with Gasteiger partial charge in [0.25, 0.3) is 0 Å². The van der Waals surface area contributed by atoms with Gasteiger partial charge in [-0.15, -0.1) is 0 Å². The highest BCUT2D eigenvalue weighted by molar-refractivity contribution is 5.98.